The van der Waals surface area contributed by atoms with E-state index in [1.807, 2.05) is 77.7 Å². The molecule has 55 heavy (non-hydrogen) atoms. The molecule has 4 heterocycles. The first kappa shape index (κ1) is 41.7. The van der Waals surface area contributed by atoms with Gasteiger partial charge in [0.1, 0.15) is 22.2 Å². The fourth-order valence-electron chi connectivity index (χ4n) is 6.79. The summed E-state index contributed by atoms with van der Waals surface area (Å²) in [4.78, 5) is 39.6. The van der Waals surface area contributed by atoms with E-state index in [2.05, 4.69) is 110 Å². The zero-order valence-corrected chi connectivity index (χ0v) is 41.1. The number of nitrogens with zero attached hydrogens (tertiary/aromatic N) is 6. The van der Waals surface area contributed by atoms with Gasteiger partial charge in [0.25, 0.3) is 11.8 Å². The summed E-state index contributed by atoms with van der Waals surface area (Å²) >= 11 is 38.2. The zero-order valence-electron chi connectivity index (χ0n) is 28.5. The lowest BCUT2D eigenvalue weighted by atomic mass is 9.92. The summed E-state index contributed by atoms with van der Waals surface area (Å²) in [5.74, 6) is 1.02. The first-order valence-corrected chi connectivity index (χ1v) is 22.6. The topological polar surface area (TPSA) is 76.3 Å². The van der Waals surface area contributed by atoms with Crippen molar-refractivity contribution >= 4 is 181 Å². The minimum Gasteiger partial charge on any atom is -0.300 e. The highest BCUT2D eigenvalue weighted by Gasteiger charge is 2.51. The molecule has 2 aliphatic rings. The third-order valence-electron chi connectivity index (χ3n) is 9.31. The molecule has 2 amide bonds. The Morgan fingerprint density at radius 2 is 1.04 bits per heavy atom. The molecule has 2 atom stereocenters. The Hall–Kier alpha value is -1.45. The van der Waals surface area contributed by atoms with Gasteiger partial charge in [-0.3, -0.25) is 14.2 Å². The van der Waals surface area contributed by atoms with Gasteiger partial charge in [-0.2, -0.15) is 0 Å². The van der Waals surface area contributed by atoms with Gasteiger partial charge in [0.15, 0.2) is 0 Å². The van der Waals surface area contributed by atoms with E-state index in [4.69, 9.17) is 46.4 Å². The predicted molar refractivity (Wildman–Crippen MR) is 253 cm³/mol. The maximum Gasteiger partial charge on any atom is 0.260 e. The molecule has 282 valence electrons. The Kier molecular flexibility index (Phi) is 12.4. The molecule has 8 nitrogen and oxygen atoms in total. The Bertz CT molecular complexity index is 2460. The molecular formula is C38H25Br2Cl4I3N6O2. The minimum atomic E-state index is -0.815. The van der Waals surface area contributed by atoms with Crippen LogP contribution in [0.15, 0.2) is 100 Å². The summed E-state index contributed by atoms with van der Waals surface area (Å²) < 4.78 is 8.54. The number of hydrogen-bond donors (Lipinski definition) is 0. The molecule has 4 aromatic carbocycles. The van der Waals surface area contributed by atoms with Crippen molar-refractivity contribution in [2.24, 2.45) is 0 Å². The van der Waals surface area contributed by atoms with E-state index in [0.29, 0.717) is 56.2 Å². The van der Waals surface area contributed by atoms with Crippen LogP contribution in [0.25, 0.3) is 0 Å². The van der Waals surface area contributed by atoms with Crippen LogP contribution < -0.4 is 9.80 Å². The maximum atomic E-state index is 13.7. The number of imidazole rings is 2. The largest absolute Gasteiger partial charge is 0.300 e. The molecule has 2 aromatic heterocycles. The number of amides is 2. The van der Waals surface area contributed by atoms with Crippen molar-refractivity contribution in [1.82, 2.24) is 19.1 Å². The third-order valence-corrected chi connectivity index (χ3v) is 14.5. The van der Waals surface area contributed by atoms with Crippen molar-refractivity contribution < 1.29 is 9.59 Å². The van der Waals surface area contributed by atoms with Gasteiger partial charge in [-0.25, -0.2) is 19.8 Å². The number of anilines is 4. The van der Waals surface area contributed by atoms with Gasteiger partial charge in [-0.1, -0.05) is 103 Å². The van der Waals surface area contributed by atoms with Crippen LogP contribution in [0.4, 0.5) is 23.3 Å². The molecule has 6 aromatic rings. The molecule has 0 saturated carbocycles. The van der Waals surface area contributed by atoms with Gasteiger partial charge in [0.2, 0.25) is 11.9 Å². The average Bonchev–Trinajstić information content (AvgIpc) is 3.76. The van der Waals surface area contributed by atoms with E-state index in [-0.39, 0.29) is 11.8 Å². The van der Waals surface area contributed by atoms with E-state index >= 15 is 0 Å². The molecule has 2 aliphatic heterocycles. The number of hydrogen-bond acceptors (Lipinski definition) is 4. The standard InChI is InChI=1S/C19H12BrCl2I2N3O.C19H13BrCl2IN3O/c1-19(9-10-2-4-11(20)5-3-10)17(28)26(14-7-12(21)6-13(22)8-14)18-25-15(23)16(24)27(18)19;1-19(9-11-2-4-12(20)5-3-11)17(27)26(18-24-16(23)10-25(18)19)15-7-13(21)6-14(22)8-15/h2-8H,9H2,1H3;2-8,10H,9H2,1H3. The Morgan fingerprint density at radius 1 is 0.618 bits per heavy atom. The number of benzene rings is 4. The second-order valence-corrected chi connectivity index (χ2v) is 20.0. The van der Waals surface area contributed by atoms with Crippen LogP contribution in [-0.2, 0) is 33.5 Å². The quantitative estimate of drug-likeness (QED) is 0.156. The van der Waals surface area contributed by atoms with Crippen LogP contribution in [0, 0.1) is 11.1 Å². The van der Waals surface area contributed by atoms with Gasteiger partial charge in [0, 0.05) is 48.1 Å². The zero-order chi connectivity index (χ0) is 39.6. The number of rotatable bonds is 6. The first-order chi connectivity index (χ1) is 26.0. The summed E-state index contributed by atoms with van der Waals surface area (Å²) in [7, 11) is 0. The van der Waals surface area contributed by atoms with E-state index in [1.165, 1.54) is 0 Å². The molecule has 0 bridgehead atoms. The molecule has 0 fully saturated rings. The SMILES string of the molecule is CC1(Cc2ccc(Br)cc2)C(=O)N(c2cc(Cl)cc(Cl)c2)c2nc(I)c(I)n21.CC1(Cc2ccc(Br)cc2)C(=O)N(c2cc(Cl)cc(Cl)c2)c2nc(I)cn21. The maximum absolute atomic E-state index is 13.7. The smallest absolute Gasteiger partial charge is 0.260 e. The lowest BCUT2D eigenvalue weighted by Crippen LogP contribution is -2.41. The molecule has 2 unspecified atom stereocenters. The summed E-state index contributed by atoms with van der Waals surface area (Å²) in [5, 5.41) is 1.89. The Labute approximate surface area is 394 Å². The van der Waals surface area contributed by atoms with E-state index in [9.17, 15) is 9.59 Å². The highest BCUT2D eigenvalue weighted by Crippen LogP contribution is 2.46. The van der Waals surface area contributed by atoms with Gasteiger partial charge < -0.3 is 4.57 Å². The van der Waals surface area contributed by atoms with Crippen LogP contribution >= 0.6 is 146 Å². The molecule has 0 N–H and O–H groups in total. The predicted octanol–water partition coefficient (Wildman–Crippen LogP) is 13.0. The van der Waals surface area contributed by atoms with Crippen molar-refractivity contribution in [3.8, 4) is 0 Å². The van der Waals surface area contributed by atoms with Crippen molar-refractivity contribution in [3.05, 3.63) is 142 Å². The van der Waals surface area contributed by atoms with Crippen LogP contribution in [0.5, 0.6) is 0 Å². The molecule has 0 radical (unpaired) electrons. The van der Waals surface area contributed by atoms with Crippen molar-refractivity contribution in [2.75, 3.05) is 9.80 Å². The molecule has 17 heteroatoms. The minimum absolute atomic E-state index is 0.0643. The van der Waals surface area contributed by atoms with Crippen LogP contribution in [0.3, 0.4) is 0 Å². The van der Waals surface area contributed by atoms with E-state index < -0.39 is 11.1 Å². The fourth-order valence-corrected chi connectivity index (χ4v) is 10.2. The second kappa shape index (κ2) is 16.3. The van der Waals surface area contributed by atoms with Crippen LogP contribution in [0.1, 0.15) is 25.0 Å². The average molecular weight is 1280 g/mol. The van der Waals surface area contributed by atoms with Gasteiger partial charge >= 0.3 is 0 Å². The van der Waals surface area contributed by atoms with Crippen molar-refractivity contribution in [3.63, 3.8) is 0 Å². The van der Waals surface area contributed by atoms with Crippen molar-refractivity contribution in [2.45, 2.75) is 37.8 Å². The lowest BCUT2D eigenvalue weighted by molar-refractivity contribution is -0.124. The summed E-state index contributed by atoms with van der Waals surface area (Å²) in [5.41, 5.74) is 1.74. The molecule has 0 aliphatic carbocycles. The number of halogens is 9. The van der Waals surface area contributed by atoms with E-state index in [0.717, 1.165) is 31.2 Å². The van der Waals surface area contributed by atoms with Gasteiger partial charge in [-0.05, 0) is 153 Å². The lowest BCUT2D eigenvalue weighted by Gasteiger charge is -2.26. The third kappa shape index (κ3) is 8.13. The first-order valence-electron chi connectivity index (χ1n) is 16.3. The summed E-state index contributed by atoms with van der Waals surface area (Å²) in [6.07, 6.45) is 2.99. The van der Waals surface area contributed by atoms with Gasteiger partial charge in [-0.15, -0.1) is 0 Å². The number of carbonyl (C=O) groups is 2. The molecule has 0 spiro atoms. The summed E-state index contributed by atoms with van der Waals surface area (Å²) in [6, 6.07) is 26.2. The van der Waals surface area contributed by atoms with Gasteiger partial charge in [0.05, 0.1) is 11.4 Å². The van der Waals surface area contributed by atoms with E-state index in [1.54, 1.807) is 46.2 Å². The van der Waals surface area contributed by atoms with Crippen LogP contribution in [0.2, 0.25) is 20.1 Å². The molecule has 8 rings (SSSR count). The monoisotopic (exact) mass is 1280 g/mol. The summed E-state index contributed by atoms with van der Waals surface area (Å²) in [6.45, 7) is 3.89. The number of carbonyl (C=O) groups excluding carboxylic acids is 2. The Balaban J connectivity index is 0.000000169. The normalized spacial score (nSPS) is 18.7. The molecule has 0 saturated heterocycles. The van der Waals surface area contributed by atoms with Crippen LogP contribution in [-0.4, -0.2) is 30.9 Å². The highest BCUT2D eigenvalue weighted by atomic mass is 127. The number of fused-ring (bicyclic) bond motifs is 2. The molecular weight excluding hydrogens is 1250 g/mol. The number of aromatic nitrogens is 4. The van der Waals surface area contributed by atoms with Crippen molar-refractivity contribution in [1.29, 1.82) is 0 Å². The fraction of sp³-hybridized carbons (Fsp3) is 0.158. The Morgan fingerprint density at radius 3 is 1.51 bits per heavy atom. The second-order valence-electron chi connectivity index (χ2n) is 13.3. The highest BCUT2D eigenvalue weighted by molar-refractivity contribution is 14.1.